The minimum atomic E-state index is -0.352. The van der Waals surface area contributed by atoms with Crippen molar-refractivity contribution in [1.29, 1.82) is 0 Å². The molecule has 1 aliphatic heterocycles. The summed E-state index contributed by atoms with van der Waals surface area (Å²) >= 11 is 0. The Morgan fingerprint density at radius 1 is 1.57 bits per heavy atom. The van der Waals surface area contributed by atoms with Gasteiger partial charge in [0.1, 0.15) is 0 Å². The predicted molar refractivity (Wildman–Crippen MR) is 54.7 cm³/mol. The van der Waals surface area contributed by atoms with Crippen LogP contribution in [-0.4, -0.2) is 41.1 Å². The van der Waals surface area contributed by atoms with E-state index in [-0.39, 0.29) is 18.1 Å². The van der Waals surface area contributed by atoms with Crippen LogP contribution in [0.2, 0.25) is 0 Å². The van der Waals surface area contributed by atoms with E-state index in [1.54, 1.807) is 4.90 Å². The van der Waals surface area contributed by atoms with Crippen molar-refractivity contribution in [3.8, 4) is 0 Å². The molecule has 1 fully saturated rings. The lowest BCUT2D eigenvalue weighted by atomic mass is 10.1. The highest BCUT2D eigenvalue weighted by molar-refractivity contribution is 5.81. The molecule has 1 amide bonds. The van der Waals surface area contributed by atoms with Crippen molar-refractivity contribution in [3.05, 3.63) is 0 Å². The lowest BCUT2D eigenvalue weighted by Crippen LogP contribution is -2.47. The van der Waals surface area contributed by atoms with Crippen LogP contribution in [0.15, 0.2) is 0 Å². The van der Waals surface area contributed by atoms with Gasteiger partial charge in [0, 0.05) is 13.1 Å². The van der Waals surface area contributed by atoms with Gasteiger partial charge in [0.05, 0.1) is 12.1 Å². The number of carbonyl (C=O) groups is 1. The average Bonchev–Trinajstić information content (AvgIpc) is 2.18. The zero-order valence-corrected chi connectivity index (χ0v) is 8.78. The van der Waals surface area contributed by atoms with E-state index in [9.17, 15) is 9.90 Å². The number of likely N-dealkylation sites (tertiary alicyclic amines) is 1. The molecule has 1 heterocycles. The third-order valence-corrected chi connectivity index (χ3v) is 2.69. The summed E-state index contributed by atoms with van der Waals surface area (Å²) in [6.07, 6.45) is 2.82. The highest BCUT2D eigenvalue weighted by Crippen LogP contribution is 2.11. The van der Waals surface area contributed by atoms with Crippen molar-refractivity contribution < 1.29 is 9.90 Å². The van der Waals surface area contributed by atoms with Crippen LogP contribution in [0.25, 0.3) is 0 Å². The Morgan fingerprint density at radius 3 is 2.64 bits per heavy atom. The zero-order chi connectivity index (χ0) is 10.6. The number of aliphatic hydroxyl groups excluding tert-OH is 1. The van der Waals surface area contributed by atoms with Crippen molar-refractivity contribution >= 4 is 5.91 Å². The second-order valence-electron chi connectivity index (χ2n) is 3.95. The van der Waals surface area contributed by atoms with Gasteiger partial charge in [0.2, 0.25) is 5.91 Å². The van der Waals surface area contributed by atoms with Crippen molar-refractivity contribution in [1.82, 2.24) is 4.90 Å². The van der Waals surface area contributed by atoms with E-state index in [4.69, 9.17) is 5.73 Å². The summed E-state index contributed by atoms with van der Waals surface area (Å²) in [5, 5.41) is 9.28. The SMILES string of the molecule is CCCC(N)C(=O)N1CCC(O)CC1. The first-order chi connectivity index (χ1) is 6.65. The number of rotatable bonds is 3. The number of hydrogen-bond donors (Lipinski definition) is 2. The maximum absolute atomic E-state index is 11.7. The van der Waals surface area contributed by atoms with Gasteiger partial charge in [0.15, 0.2) is 0 Å². The van der Waals surface area contributed by atoms with Crippen LogP contribution < -0.4 is 5.73 Å². The van der Waals surface area contributed by atoms with E-state index in [0.717, 1.165) is 12.8 Å². The van der Waals surface area contributed by atoms with Crippen LogP contribution in [0, 0.1) is 0 Å². The Labute approximate surface area is 85.1 Å². The van der Waals surface area contributed by atoms with Crippen LogP contribution in [0.3, 0.4) is 0 Å². The molecule has 14 heavy (non-hydrogen) atoms. The van der Waals surface area contributed by atoms with Crippen LogP contribution in [0.5, 0.6) is 0 Å². The van der Waals surface area contributed by atoms with Gasteiger partial charge >= 0.3 is 0 Å². The summed E-state index contributed by atoms with van der Waals surface area (Å²) in [7, 11) is 0. The van der Waals surface area contributed by atoms with Crippen molar-refractivity contribution in [3.63, 3.8) is 0 Å². The quantitative estimate of drug-likeness (QED) is 0.679. The number of hydrogen-bond acceptors (Lipinski definition) is 3. The molecular formula is C10H20N2O2. The van der Waals surface area contributed by atoms with Crippen LogP contribution >= 0.6 is 0 Å². The summed E-state index contributed by atoms with van der Waals surface area (Å²) in [5.41, 5.74) is 5.74. The summed E-state index contributed by atoms with van der Waals surface area (Å²) in [5.74, 6) is 0.0405. The molecule has 0 aromatic carbocycles. The normalized spacial score (nSPS) is 20.9. The number of amides is 1. The molecule has 82 valence electrons. The van der Waals surface area contributed by atoms with Gasteiger partial charge in [-0.05, 0) is 19.3 Å². The molecule has 0 aromatic heterocycles. The number of piperidine rings is 1. The fourth-order valence-corrected chi connectivity index (χ4v) is 1.76. The van der Waals surface area contributed by atoms with Crippen LogP contribution in [-0.2, 0) is 4.79 Å². The third-order valence-electron chi connectivity index (χ3n) is 2.69. The summed E-state index contributed by atoms with van der Waals surface area (Å²) in [6.45, 7) is 3.32. The number of aliphatic hydroxyl groups is 1. The average molecular weight is 200 g/mol. The number of carbonyl (C=O) groups excluding carboxylic acids is 1. The summed E-state index contributed by atoms with van der Waals surface area (Å²) in [4.78, 5) is 13.5. The van der Waals surface area contributed by atoms with Gasteiger partial charge in [-0.2, -0.15) is 0 Å². The van der Waals surface area contributed by atoms with Gasteiger partial charge in [-0.25, -0.2) is 0 Å². The maximum Gasteiger partial charge on any atom is 0.239 e. The molecule has 1 unspecified atom stereocenters. The lowest BCUT2D eigenvalue weighted by molar-refractivity contribution is -0.134. The lowest BCUT2D eigenvalue weighted by Gasteiger charge is -2.31. The topological polar surface area (TPSA) is 66.6 Å². The third kappa shape index (κ3) is 2.96. The Bertz CT molecular complexity index is 189. The molecule has 1 saturated heterocycles. The van der Waals surface area contributed by atoms with Gasteiger partial charge < -0.3 is 15.7 Å². The van der Waals surface area contributed by atoms with E-state index in [0.29, 0.717) is 25.9 Å². The van der Waals surface area contributed by atoms with E-state index >= 15 is 0 Å². The maximum atomic E-state index is 11.7. The van der Waals surface area contributed by atoms with E-state index < -0.39 is 0 Å². The molecule has 4 heteroatoms. The molecule has 0 bridgehead atoms. The van der Waals surface area contributed by atoms with Crippen molar-refractivity contribution in [2.75, 3.05) is 13.1 Å². The van der Waals surface area contributed by atoms with Crippen LogP contribution in [0.1, 0.15) is 32.6 Å². The Kier molecular flexibility index (Phi) is 4.35. The first-order valence-corrected chi connectivity index (χ1v) is 5.37. The molecule has 0 spiro atoms. The molecule has 4 nitrogen and oxygen atoms in total. The molecule has 1 rings (SSSR count). The smallest absolute Gasteiger partial charge is 0.239 e. The Morgan fingerprint density at radius 2 is 2.14 bits per heavy atom. The second-order valence-corrected chi connectivity index (χ2v) is 3.95. The van der Waals surface area contributed by atoms with Crippen molar-refractivity contribution in [2.45, 2.75) is 44.8 Å². The summed E-state index contributed by atoms with van der Waals surface area (Å²) in [6, 6.07) is -0.352. The fraction of sp³-hybridized carbons (Fsp3) is 0.900. The number of nitrogens with zero attached hydrogens (tertiary/aromatic N) is 1. The molecule has 1 aliphatic rings. The number of nitrogens with two attached hydrogens (primary N) is 1. The summed E-state index contributed by atoms with van der Waals surface area (Å²) < 4.78 is 0. The highest BCUT2D eigenvalue weighted by atomic mass is 16.3. The zero-order valence-electron chi connectivity index (χ0n) is 8.78. The van der Waals surface area contributed by atoms with Gasteiger partial charge in [-0.15, -0.1) is 0 Å². The predicted octanol–water partition coefficient (Wildman–Crippen LogP) is 0.0971. The first kappa shape index (κ1) is 11.5. The van der Waals surface area contributed by atoms with E-state index in [2.05, 4.69) is 0 Å². The molecular weight excluding hydrogens is 180 g/mol. The molecule has 0 saturated carbocycles. The largest absolute Gasteiger partial charge is 0.393 e. The molecule has 0 radical (unpaired) electrons. The first-order valence-electron chi connectivity index (χ1n) is 5.37. The minimum absolute atomic E-state index is 0.0405. The Balaban J connectivity index is 2.37. The molecule has 3 N–H and O–H groups in total. The van der Waals surface area contributed by atoms with Crippen LogP contribution in [0.4, 0.5) is 0 Å². The van der Waals surface area contributed by atoms with Gasteiger partial charge in [0.25, 0.3) is 0 Å². The fourth-order valence-electron chi connectivity index (χ4n) is 1.76. The standard InChI is InChI=1S/C10H20N2O2/c1-2-3-9(11)10(14)12-6-4-8(13)5-7-12/h8-9,13H,2-7,11H2,1H3. The Hall–Kier alpha value is -0.610. The van der Waals surface area contributed by atoms with E-state index in [1.807, 2.05) is 6.92 Å². The van der Waals surface area contributed by atoms with Gasteiger partial charge in [-0.1, -0.05) is 13.3 Å². The van der Waals surface area contributed by atoms with Gasteiger partial charge in [-0.3, -0.25) is 4.79 Å². The molecule has 0 aliphatic carbocycles. The molecule has 0 aromatic rings. The monoisotopic (exact) mass is 200 g/mol. The van der Waals surface area contributed by atoms with Crippen molar-refractivity contribution in [2.24, 2.45) is 5.73 Å². The van der Waals surface area contributed by atoms with E-state index in [1.165, 1.54) is 0 Å². The molecule has 1 atom stereocenters. The second kappa shape index (κ2) is 5.32. The minimum Gasteiger partial charge on any atom is -0.393 e. The highest BCUT2D eigenvalue weighted by Gasteiger charge is 2.24.